The normalized spacial score (nSPS) is 22.7. The summed E-state index contributed by atoms with van der Waals surface area (Å²) in [6, 6.07) is 9.86. The first-order chi connectivity index (χ1) is 12.2. The minimum atomic E-state index is -0.433. The molecule has 1 aliphatic rings. The number of carbonyl (C=O) groups excluding carboxylic acids is 1. The van der Waals surface area contributed by atoms with Gasteiger partial charge in [-0.1, -0.05) is 39.0 Å². The molecule has 0 aromatic heterocycles. The van der Waals surface area contributed by atoms with Crippen molar-refractivity contribution < 1.29 is 14.3 Å². The van der Waals surface area contributed by atoms with Gasteiger partial charge in [0.2, 0.25) is 0 Å². The number of ether oxygens (including phenoxy) is 2. The maximum atomic E-state index is 12.7. The molecule has 26 heavy (non-hydrogen) atoms. The lowest BCUT2D eigenvalue weighted by Gasteiger charge is -2.39. The summed E-state index contributed by atoms with van der Waals surface area (Å²) in [5, 5.41) is 0. The van der Waals surface area contributed by atoms with E-state index in [1.807, 2.05) is 44.2 Å². The van der Waals surface area contributed by atoms with Gasteiger partial charge in [-0.25, -0.2) is 0 Å². The third-order valence-electron chi connectivity index (χ3n) is 5.38. The molecule has 0 unspecified atom stereocenters. The van der Waals surface area contributed by atoms with E-state index < -0.39 is 5.41 Å². The van der Waals surface area contributed by atoms with Crippen molar-refractivity contribution in [1.29, 1.82) is 0 Å². The lowest BCUT2D eigenvalue weighted by Crippen LogP contribution is -2.37. The first-order valence-electron chi connectivity index (χ1n) is 10.1. The van der Waals surface area contributed by atoms with E-state index in [2.05, 4.69) is 20.8 Å². The van der Waals surface area contributed by atoms with E-state index in [0.717, 1.165) is 37.9 Å². The third kappa shape index (κ3) is 6.66. The van der Waals surface area contributed by atoms with Crippen LogP contribution in [0.4, 0.5) is 0 Å². The minimum Gasteiger partial charge on any atom is -0.494 e. The Morgan fingerprint density at radius 1 is 1.15 bits per heavy atom. The predicted octanol–water partition coefficient (Wildman–Crippen LogP) is 6.02. The fourth-order valence-corrected chi connectivity index (χ4v) is 4.14. The van der Waals surface area contributed by atoms with E-state index in [9.17, 15) is 4.79 Å². The van der Waals surface area contributed by atoms with Crippen molar-refractivity contribution >= 4 is 5.97 Å². The van der Waals surface area contributed by atoms with Gasteiger partial charge < -0.3 is 9.47 Å². The topological polar surface area (TPSA) is 35.5 Å². The Balaban J connectivity index is 1.71. The summed E-state index contributed by atoms with van der Waals surface area (Å²) in [4.78, 5) is 12.7. The predicted molar refractivity (Wildman–Crippen MR) is 106 cm³/mol. The van der Waals surface area contributed by atoms with E-state index >= 15 is 0 Å². The molecule has 1 aliphatic carbocycles. The highest BCUT2D eigenvalue weighted by atomic mass is 16.5. The quantitative estimate of drug-likeness (QED) is 0.420. The number of hydrogen-bond donors (Lipinski definition) is 0. The van der Waals surface area contributed by atoms with Crippen molar-refractivity contribution in [3.8, 4) is 5.75 Å². The van der Waals surface area contributed by atoms with Crippen LogP contribution in [-0.2, 0) is 9.53 Å². The van der Waals surface area contributed by atoms with Gasteiger partial charge in [-0.05, 0) is 75.8 Å². The van der Waals surface area contributed by atoms with Crippen LogP contribution in [0.2, 0.25) is 0 Å². The molecule has 0 N–H and O–H groups in total. The van der Waals surface area contributed by atoms with E-state index in [0.29, 0.717) is 12.5 Å². The van der Waals surface area contributed by atoms with Crippen LogP contribution >= 0.6 is 0 Å². The van der Waals surface area contributed by atoms with Gasteiger partial charge in [-0.15, -0.1) is 0 Å². The van der Waals surface area contributed by atoms with Crippen molar-refractivity contribution in [2.24, 2.45) is 16.7 Å². The van der Waals surface area contributed by atoms with Gasteiger partial charge in [-0.2, -0.15) is 0 Å². The number of para-hydroxylation sites is 1. The molecule has 0 bridgehead atoms. The summed E-state index contributed by atoms with van der Waals surface area (Å²) in [7, 11) is 0. The second kappa shape index (κ2) is 8.92. The molecule has 2 atom stereocenters. The maximum absolute atomic E-state index is 12.7. The molecule has 3 nitrogen and oxygen atoms in total. The van der Waals surface area contributed by atoms with Crippen molar-refractivity contribution in [3.63, 3.8) is 0 Å². The van der Waals surface area contributed by atoms with Crippen LogP contribution in [0.15, 0.2) is 30.3 Å². The molecule has 3 heteroatoms. The summed E-state index contributed by atoms with van der Waals surface area (Å²) in [5.74, 6) is 1.48. The highest BCUT2D eigenvalue weighted by molar-refractivity contribution is 5.76. The van der Waals surface area contributed by atoms with Crippen LogP contribution in [0.3, 0.4) is 0 Å². The van der Waals surface area contributed by atoms with E-state index in [1.165, 1.54) is 6.42 Å². The van der Waals surface area contributed by atoms with Gasteiger partial charge >= 0.3 is 5.97 Å². The summed E-state index contributed by atoms with van der Waals surface area (Å²) in [5.41, 5.74) is -0.168. The van der Waals surface area contributed by atoms with Crippen LogP contribution < -0.4 is 4.74 Å². The van der Waals surface area contributed by atoms with Crippen LogP contribution in [0.25, 0.3) is 0 Å². The lowest BCUT2D eigenvalue weighted by atomic mass is 9.71. The summed E-state index contributed by atoms with van der Waals surface area (Å²) in [6.45, 7) is 11.5. The number of carbonyl (C=O) groups is 1. The molecule has 1 fully saturated rings. The van der Waals surface area contributed by atoms with Crippen LogP contribution in [0.1, 0.15) is 73.1 Å². The monoisotopic (exact) mass is 360 g/mol. The molecule has 1 aromatic carbocycles. The first-order valence-corrected chi connectivity index (χ1v) is 10.1. The average Bonchev–Trinajstić information content (AvgIpc) is 2.53. The highest BCUT2D eigenvalue weighted by Crippen LogP contribution is 2.40. The van der Waals surface area contributed by atoms with Gasteiger partial charge in [0, 0.05) is 0 Å². The number of unbranched alkanes of at least 4 members (excludes halogenated alkanes) is 1. The number of rotatable bonds is 8. The second-order valence-electron chi connectivity index (χ2n) is 9.44. The largest absolute Gasteiger partial charge is 0.494 e. The van der Waals surface area contributed by atoms with Gasteiger partial charge in [0.05, 0.1) is 12.0 Å². The Bertz CT molecular complexity index is 562. The lowest BCUT2D eigenvalue weighted by molar-refractivity contribution is -0.164. The summed E-state index contributed by atoms with van der Waals surface area (Å²) < 4.78 is 11.6. The second-order valence-corrected chi connectivity index (χ2v) is 9.44. The van der Waals surface area contributed by atoms with Gasteiger partial charge in [-0.3, -0.25) is 4.79 Å². The van der Waals surface area contributed by atoms with Gasteiger partial charge in [0.25, 0.3) is 0 Å². The summed E-state index contributed by atoms with van der Waals surface area (Å²) >= 11 is 0. The van der Waals surface area contributed by atoms with E-state index in [-0.39, 0.29) is 17.5 Å². The molecule has 0 heterocycles. The van der Waals surface area contributed by atoms with Crippen molar-refractivity contribution in [2.45, 2.75) is 79.2 Å². The van der Waals surface area contributed by atoms with Crippen molar-refractivity contribution in [3.05, 3.63) is 30.3 Å². The number of esters is 1. The number of benzene rings is 1. The molecule has 146 valence electrons. The maximum Gasteiger partial charge on any atom is 0.311 e. The SMILES string of the molecule is C[C@H]1C[C@H](OC(=O)C(C)(C)CCCCOc2ccccc2)CC(C)(C)C1. The molecular formula is C23H36O3. The Morgan fingerprint density at radius 2 is 1.85 bits per heavy atom. The van der Waals surface area contributed by atoms with Gasteiger partial charge in [0.15, 0.2) is 0 Å². The van der Waals surface area contributed by atoms with Crippen LogP contribution in [0.5, 0.6) is 5.75 Å². The Morgan fingerprint density at radius 3 is 2.50 bits per heavy atom. The fraction of sp³-hybridized carbons (Fsp3) is 0.696. The molecule has 0 radical (unpaired) electrons. The third-order valence-corrected chi connectivity index (χ3v) is 5.38. The zero-order valence-electron chi connectivity index (χ0n) is 17.2. The van der Waals surface area contributed by atoms with Crippen LogP contribution in [-0.4, -0.2) is 18.7 Å². The zero-order chi connectivity index (χ0) is 19.2. The Kier molecular flexibility index (Phi) is 7.14. The van der Waals surface area contributed by atoms with Crippen molar-refractivity contribution in [1.82, 2.24) is 0 Å². The standard InChI is InChI=1S/C23H36O3/c1-18-15-20(17-22(2,3)16-18)26-21(24)23(4,5)13-9-10-14-25-19-11-7-6-8-12-19/h6-8,11-12,18,20H,9-10,13-17H2,1-5H3/t18-,20-/m0/s1. The molecule has 1 aromatic rings. The number of hydrogen-bond acceptors (Lipinski definition) is 3. The molecule has 2 rings (SSSR count). The Labute approximate surface area is 159 Å². The zero-order valence-corrected chi connectivity index (χ0v) is 17.2. The average molecular weight is 361 g/mol. The van der Waals surface area contributed by atoms with E-state index in [4.69, 9.17) is 9.47 Å². The van der Waals surface area contributed by atoms with Crippen molar-refractivity contribution in [2.75, 3.05) is 6.61 Å². The molecule has 1 saturated carbocycles. The van der Waals surface area contributed by atoms with E-state index in [1.54, 1.807) is 0 Å². The Hall–Kier alpha value is -1.51. The molecule has 0 aliphatic heterocycles. The highest BCUT2D eigenvalue weighted by Gasteiger charge is 2.37. The molecule has 0 amide bonds. The fourth-order valence-electron chi connectivity index (χ4n) is 4.14. The first kappa shape index (κ1) is 20.8. The molecule has 0 spiro atoms. The van der Waals surface area contributed by atoms with Gasteiger partial charge in [0.1, 0.15) is 11.9 Å². The smallest absolute Gasteiger partial charge is 0.311 e. The minimum absolute atomic E-state index is 0.0450. The molecular weight excluding hydrogens is 324 g/mol. The van der Waals surface area contributed by atoms with Crippen LogP contribution in [0, 0.1) is 16.7 Å². The molecule has 0 saturated heterocycles. The summed E-state index contributed by atoms with van der Waals surface area (Å²) in [6.07, 6.45) is 5.99.